The summed E-state index contributed by atoms with van der Waals surface area (Å²) in [6.07, 6.45) is -4.50. The van der Waals surface area contributed by atoms with Crippen LogP contribution in [0.1, 0.15) is 11.3 Å². The highest BCUT2D eigenvalue weighted by atomic mass is 19.4. The number of aromatic nitrogens is 5. The van der Waals surface area contributed by atoms with Crippen LogP contribution in [-0.4, -0.2) is 24.7 Å². The minimum atomic E-state index is -4.50. The third-order valence-corrected chi connectivity index (χ3v) is 3.94. The van der Waals surface area contributed by atoms with E-state index in [2.05, 4.69) is 20.2 Å². The van der Waals surface area contributed by atoms with Gasteiger partial charge in [0.1, 0.15) is 5.69 Å². The maximum atomic E-state index is 13.6. The van der Waals surface area contributed by atoms with Gasteiger partial charge >= 0.3 is 6.18 Å². The molecule has 0 spiro atoms. The number of hydrogen-bond acceptors (Lipinski definition) is 4. The fourth-order valence-electron chi connectivity index (χ4n) is 2.70. The zero-order valence-electron chi connectivity index (χ0n) is 13.9. The molecule has 5 nitrogen and oxygen atoms in total. The maximum absolute atomic E-state index is 13.6. The first-order chi connectivity index (χ1) is 12.8. The third-order valence-electron chi connectivity index (χ3n) is 3.94. The fourth-order valence-corrected chi connectivity index (χ4v) is 2.70. The number of pyridine rings is 1. The predicted octanol–water partition coefficient (Wildman–Crippen LogP) is 4.34. The summed E-state index contributed by atoms with van der Waals surface area (Å²) in [5.41, 5.74) is 0.485. The Morgan fingerprint density at radius 1 is 0.926 bits per heavy atom. The molecule has 0 fully saturated rings. The summed E-state index contributed by atoms with van der Waals surface area (Å²) in [6, 6.07) is 10.7. The molecule has 4 aromatic rings. The van der Waals surface area contributed by atoms with Gasteiger partial charge in [0.2, 0.25) is 5.95 Å². The van der Waals surface area contributed by atoms with Crippen molar-refractivity contribution in [3.63, 3.8) is 0 Å². The van der Waals surface area contributed by atoms with Crippen LogP contribution in [0.2, 0.25) is 0 Å². The van der Waals surface area contributed by atoms with Gasteiger partial charge in [-0.3, -0.25) is 4.57 Å². The smallest absolute Gasteiger partial charge is 0.273 e. The lowest BCUT2D eigenvalue weighted by Gasteiger charge is -2.09. The summed E-state index contributed by atoms with van der Waals surface area (Å²) in [5, 5.41) is 8.06. The first kappa shape index (κ1) is 17.1. The second kappa shape index (κ2) is 6.11. The van der Waals surface area contributed by atoms with E-state index in [-0.39, 0.29) is 17.0 Å². The average molecular weight is 373 g/mol. The van der Waals surface area contributed by atoms with Gasteiger partial charge in [0, 0.05) is 0 Å². The van der Waals surface area contributed by atoms with Crippen molar-refractivity contribution in [2.75, 3.05) is 0 Å². The van der Waals surface area contributed by atoms with E-state index < -0.39 is 17.7 Å². The molecule has 0 amide bonds. The molecule has 3 aromatic heterocycles. The molecule has 0 bridgehead atoms. The van der Waals surface area contributed by atoms with E-state index in [0.29, 0.717) is 17.0 Å². The van der Waals surface area contributed by atoms with E-state index in [4.69, 9.17) is 0 Å². The molecule has 3 heterocycles. The molecule has 0 saturated heterocycles. The van der Waals surface area contributed by atoms with Gasteiger partial charge in [-0.1, -0.05) is 6.07 Å². The molecule has 136 valence electrons. The number of imidazole rings is 1. The van der Waals surface area contributed by atoms with E-state index in [1.54, 1.807) is 19.1 Å². The molecular formula is C18H11F4N5. The Balaban J connectivity index is 2.02. The second-order valence-electron chi connectivity index (χ2n) is 5.85. The Bertz CT molecular complexity index is 1130. The molecule has 0 aliphatic carbocycles. The summed E-state index contributed by atoms with van der Waals surface area (Å²) in [5.74, 6) is -0.219. The van der Waals surface area contributed by atoms with Crippen LogP contribution in [0.4, 0.5) is 17.6 Å². The summed E-state index contributed by atoms with van der Waals surface area (Å²) >= 11 is 0. The van der Waals surface area contributed by atoms with Gasteiger partial charge in [-0.15, -0.1) is 5.10 Å². The molecule has 0 saturated carbocycles. The molecule has 0 aliphatic rings. The standard InChI is InChI=1S/C18H11F4N5/c1-10-5-8-16(26-25-10)27-14-7-6-11(18(20,21)22)9-13(14)24-17(27)12-3-2-4-15(19)23-12/h2-9H,1H3. The number of rotatable bonds is 2. The Morgan fingerprint density at radius 3 is 2.41 bits per heavy atom. The van der Waals surface area contributed by atoms with Crippen LogP contribution in [0.5, 0.6) is 0 Å². The van der Waals surface area contributed by atoms with Gasteiger partial charge in [-0.25, -0.2) is 9.97 Å². The minimum Gasteiger partial charge on any atom is -0.273 e. The molecule has 0 N–H and O–H groups in total. The van der Waals surface area contributed by atoms with Crippen molar-refractivity contribution in [2.24, 2.45) is 0 Å². The average Bonchev–Trinajstić information content (AvgIpc) is 3.00. The Kier molecular flexibility index (Phi) is 3.87. The van der Waals surface area contributed by atoms with Crippen LogP contribution in [-0.2, 0) is 6.18 Å². The SMILES string of the molecule is Cc1ccc(-n2c(-c3cccc(F)n3)nc3cc(C(F)(F)F)ccc32)nn1. The Hall–Kier alpha value is -3.36. The van der Waals surface area contributed by atoms with Crippen LogP contribution >= 0.6 is 0 Å². The van der Waals surface area contributed by atoms with Gasteiger partial charge in [0.15, 0.2) is 11.6 Å². The maximum Gasteiger partial charge on any atom is 0.416 e. The summed E-state index contributed by atoms with van der Waals surface area (Å²) in [7, 11) is 0. The van der Waals surface area contributed by atoms with Gasteiger partial charge in [0.25, 0.3) is 0 Å². The van der Waals surface area contributed by atoms with Crippen LogP contribution in [0.3, 0.4) is 0 Å². The lowest BCUT2D eigenvalue weighted by atomic mass is 10.2. The van der Waals surface area contributed by atoms with E-state index in [1.807, 2.05) is 0 Å². The molecule has 1 aromatic carbocycles. The summed E-state index contributed by atoms with van der Waals surface area (Å²) in [6.45, 7) is 1.76. The van der Waals surface area contributed by atoms with Gasteiger partial charge in [0.05, 0.1) is 22.3 Å². The second-order valence-corrected chi connectivity index (χ2v) is 5.85. The lowest BCUT2D eigenvalue weighted by Crippen LogP contribution is -2.05. The molecule has 9 heteroatoms. The Morgan fingerprint density at radius 2 is 1.74 bits per heavy atom. The first-order valence-electron chi connectivity index (χ1n) is 7.86. The number of fused-ring (bicyclic) bond motifs is 1. The fraction of sp³-hybridized carbons (Fsp3) is 0.111. The van der Waals surface area contributed by atoms with E-state index in [9.17, 15) is 17.6 Å². The van der Waals surface area contributed by atoms with Crippen molar-refractivity contribution in [3.8, 4) is 17.3 Å². The molecule has 4 rings (SSSR count). The van der Waals surface area contributed by atoms with Crippen molar-refractivity contribution in [1.29, 1.82) is 0 Å². The number of halogens is 4. The molecular weight excluding hydrogens is 362 g/mol. The highest BCUT2D eigenvalue weighted by molar-refractivity contribution is 5.83. The number of benzene rings is 1. The quantitative estimate of drug-likeness (QED) is 0.387. The number of aryl methyl sites for hydroxylation is 1. The van der Waals surface area contributed by atoms with Crippen LogP contribution in [0.25, 0.3) is 28.4 Å². The Labute approximate surface area is 150 Å². The third kappa shape index (κ3) is 3.12. The molecule has 0 atom stereocenters. The van der Waals surface area contributed by atoms with Gasteiger partial charge < -0.3 is 0 Å². The highest BCUT2D eigenvalue weighted by Gasteiger charge is 2.31. The molecule has 0 unspecified atom stereocenters. The number of hydrogen-bond donors (Lipinski definition) is 0. The van der Waals surface area contributed by atoms with Gasteiger partial charge in [-0.05, 0) is 49.4 Å². The largest absolute Gasteiger partial charge is 0.416 e. The van der Waals surface area contributed by atoms with Crippen LogP contribution < -0.4 is 0 Å². The van der Waals surface area contributed by atoms with Gasteiger partial charge in [-0.2, -0.15) is 22.7 Å². The van der Waals surface area contributed by atoms with E-state index in [0.717, 1.165) is 12.1 Å². The van der Waals surface area contributed by atoms with Crippen molar-refractivity contribution in [1.82, 2.24) is 24.7 Å². The minimum absolute atomic E-state index is 0.0910. The van der Waals surface area contributed by atoms with Crippen LogP contribution in [0, 0.1) is 12.9 Å². The number of nitrogens with zero attached hydrogens (tertiary/aromatic N) is 5. The molecule has 0 radical (unpaired) electrons. The van der Waals surface area contributed by atoms with E-state index >= 15 is 0 Å². The van der Waals surface area contributed by atoms with Crippen molar-refractivity contribution >= 4 is 11.0 Å². The first-order valence-corrected chi connectivity index (χ1v) is 7.86. The van der Waals surface area contributed by atoms with Crippen LogP contribution in [0.15, 0.2) is 48.5 Å². The monoisotopic (exact) mass is 373 g/mol. The zero-order valence-corrected chi connectivity index (χ0v) is 13.9. The van der Waals surface area contributed by atoms with E-state index in [1.165, 1.54) is 28.8 Å². The highest BCUT2D eigenvalue weighted by Crippen LogP contribution is 2.33. The lowest BCUT2D eigenvalue weighted by molar-refractivity contribution is -0.137. The van der Waals surface area contributed by atoms with Crippen molar-refractivity contribution in [2.45, 2.75) is 13.1 Å². The van der Waals surface area contributed by atoms with Crippen molar-refractivity contribution < 1.29 is 17.6 Å². The number of alkyl halides is 3. The van der Waals surface area contributed by atoms with Crippen molar-refractivity contribution in [3.05, 3.63) is 65.7 Å². The zero-order chi connectivity index (χ0) is 19.2. The summed E-state index contributed by atoms with van der Waals surface area (Å²) < 4.78 is 54.2. The molecule has 27 heavy (non-hydrogen) atoms. The molecule has 0 aliphatic heterocycles. The summed E-state index contributed by atoms with van der Waals surface area (Å²) in [4.78, 5) is 8.06. The predicted molar refractivity (Wildman–Crippen MR) is 89.6 cm³/mol. The topological polar surface area (TPSA) is 56.5 Å². The normalized spacial score (nSPS) is 11.9.